The Kier molecular flexibility index (Phi) is 5.45. The van der Waals surface area contributed by atoms with Gasteiger partial charge in [0.1, 0.15) is 0 Å². The number of amides is 1. The van der Waals surface area contributed by atoms with Gasteiger partial charge in [-0.2, -0.15) is 0 Å². The summed E-state index contributed by atoms with van der Waals surface area (Å²) >= 11 is 0. The third kappa shape index (κ3) is 3.69. The highest BCUT2D eigenvalue weighted by atomic mass is 16.2. The Morgan fingerprint density at radius 3 is 2.39 bits per heavy atom. The van der Waals surface area contributed by atoms with E-state index in [2.05, 4.69) is 22.0 Å². The highest BCUT2D eigenvalue weighted by molar-refractivity contribution is 5.81. The quantitative estimate of drug-likeness (QED) is 0.800. The monoisotopic (exact) mass is 253 g/mol. The van der Waals surface area contributed by atoms with Crippen LogP contribution in [0.3, 0.4) is 0 Å². The first-order chi connectivity index (χ1) is 8.79. The van der Waals surface area contributed by atoms with Crippen molar-refractivity contribution in [1.29, 1.82) is 0 Å². The van der Waals surface area contributed by atoms with E-state index in [-0.39, 0.29) is 6.04 Å². The van der Waals surface area contributed by atoms with Gasteiger partial charge < -0.3 is 10.2 Å². The molecule has 2 rings (SSSR count). The molecule has 1 N–H and O–H groups in total. The molecule has 1 atom stereocenters. The molecule has 2 fully saturated rings. The summed E-state index contributed by atoms with van der Waals surface area (Å²) in [6, 6.07) is 0.0583. The molecule has 2 aliphatic rings. The van der Waals surface area contributed by atoms with E-state index in [4.69, 9.17) is 0 Å². The normalized spacial score (nSPS) is 25.3. The Labute approximate surface area is 111 Å². The molecule has 2 aliphatic heterocycles. The predicted molar refractivity (Wildman–Crippen MR) is 73.6 cm³/mol. The minimum Gasteiger partial charge on any atom is -0.341 e. The van der Waals surface area contributed by atoms with E-state index in [9.17, 15) is 4.79 Å². The number of rotatable bonds is 2. The lowest BCUT2D eigenvalue weighted by atomic mass is 10.2. The van der Waals surface area contributed by atoms with Gasteiger partial charge in [-0.1, -0.05) is 12.8 Å². The molecule has 18 heavy (non-hydrogen) atoms. The Hall–Kier alpha value is -0.610. The van der Waals surface area contributed by atoms with Crippen LogP contribution >= 0.6 is 0 Å². The molecule has 0 aliphatic carbocycles. The van der Waals surface area contributed by atoms with E-state index in [0.29, 0.717) is 5.91 Å². The van der Waals surface area contributed by atoms with E-state index >= 15 is 0 Å². The molecule has 0 aromatic heterocycles. The second kappa shape index (κ2) is 7.10. The lowest BCUT2D eigenvalue weighted by Crippen LogP contribution is -2.48. The van der Waals surface area contributed by atoms with Gasteiger partial charge in [0, 0.05) is 32.7 Å². The van der Waals surface area contributed by atoms with Crippen LogP contribution in [0.2, 0.25) is 0 Å². The molecule has 1 unspecified atom stereocenters. The Bertz CT molecular complexity index is 254. The molecule has 4 heteroatoms. The fourth-order valence-electron chi connectivity index (χ4n) is 2.97. The van der Waals surface area contributed by atoms with Crippen LogP contribution in [0, 0.1) is 0 Å². The van der Waals surface area contributed by atoms with Gasteiger partial charge in [0.2, 0.25) is 5.91 Å². The molecule has 0 saturated carbocycles. The van der Waals surface area contributed by atoms with Crippen molar-refractivity contribution in [3.8, 4) is 0 Å². The molecule has 0 aromatic rings. The van der Waals surface area contributed by atoms with E-state index in [0.717, 1.165) is 45.7 Å². The van der Waals surface area contributed by atoms with Gasteiger partial charge in [-0.25, -0.2) is 0 Å². The number of likely N-dealkylation sites (tertiary alicyclic amines) is 1. The van der Waals surface area contributed by atoms with Crippen LogP contribution in [-0.2, 0) is 4.79 Å². The van der Waals surface area contributed by atoms with Crippen molar-refractivity contribution in [1.82, 2.24) is 15.1 Å². The van der Waals surface area contributed by atoms with Crippen molar-refractivity contribution in [2.75, 3.05) is 39.3 Å². The van der Waals surface area contributed by atoms with Crippen LogP contribution in [0.25, 0.3) is 0 Å². The van der Waals surface area contributed by atoms with Crippen LogP contribution in [0.4, 0.5) is 0 Å². The first-order valence-electron chi connectivity index (χ1n) is 7.52. The predicted octanol–water partition coefficient (Wildman–Crippen LogP) is 1.07. The van der Waals surface area contributed by atoms with Gasteiger partial charge in [0.15, 0.2) is 0 Å². The molecular weight excluding hydrogens is 226 g/mol. The molecule has 104 valence electrons. The fourth-order valence-corrected chi connectivity index (χ4v) is 2.97. The largest absolute Gasteiger partial charge is 0.341 e. The third-order valence-electron chi connectivity index (χ3n) is 4.20. The fraction of sp³-hybridized carbons (Fsp3) is 0.929. The summed E-state index contributed by atoms with van der Waals surface area (Å²) in [6.45, 7) is 8.16. The second-order valence-electron chi connectivity index (χ2n) is 5.55. The van der Waals surface area contributed by atoms with Crippen LogP contribution in [0.1, 0.15) is 39.0 Å². The number of hydrogen-bond acceptors (Lipinski definition) is 3. The average molecular weight is 253 g/mol. The van der Waals surface area contributed by atoms with Crippen molar-refractivity contribution >= 4 is 5.91 Å². The average Bonchev–Trinajstić information content (AvgIpc) is 2.81. The summed E-state index contributed by atoms with van der Waals surface area (Å²) < 4.78 is 0. The Balaban J connectivity index is 1.89. The number of carbonyl (C=O) groups is 1. The molecule has 2 saturated heterocycles. The molecule has 2 heterocycles. The number of nitrogens with one attached hydrogen (secondary N) is 1. The third-order valence-corrected chi connectivity index (χ3v) is 4.20. The van der Waals surface area contributed by atoms with Gasteiger partial charge in [0.25, 0.3) is 0 Å². The maximum atomic E-state index is 12.5. The van der Waals surface area contributed by atoms with Crippen molar-refractivity contribution in [2.45, 2.75) is 45.1 Å². The number of carbonyl (C=O) groups excluding carboxylic acids is 1. The Morgan fingerprint density at radius 2 is 1.67 bits per heavy atom. The highest BCUT2D eigenvalue weighted by Crippen LogP contribution is 2.13. The van der Waals surface area contributed by atoms with Gasteiger partial charge in [0.05, 0.1) is 6.04 Å². The van der Waals surface area contributed by atoms with Crippen molar-refractivity contribution in [3.63, 3.8) is 0 Å². The van der Waals surface area contributed by atoms with E-state index in [1.807, 2.05) is 0 Å². The van der Waals surface area contributed by atoms with E-state index in [1.165, 1.54) is 25.7 Å². The second-order valence-corrected chi connectivity index (χ2v) is 5.55. The molecule has 0 spiro atoms. The van der Waals surface area contributed by atoms with Gasteiger partial charge >= 0.3 is 0 Å². The summed E-state index contributed by atoms with van der Waals surface area (Å²) in [5, 5.41) is 3.39. The number of hydrogen-bond donors (Lipinski definition) is 1. The summed E-state index contributed by atoms with van der Waals surface area (Å²) in [5.74, 6) is 0.346. The molecule has 0 radical (unpaired) electrons. The molecule has 1 amide bonds. The minimum atomic E-state index is 0.0583. The Morgan fingerprint density at radius 1 is 0.944 bits per heavy atom. The van der Waals surface area contributed by atoms with Gasteiger partial charge in [-0.15, -0.1) is 0 Å². The molecule has 0 bridgehead atoms. The molecule has 0 aromatic carbocycles. The first kappa shape index (κ1) is 13.8. The topological polar surface area (TPSA) is 35.6 Å². The van der Waals surface area contributed by atoms with Gasteiger partial charge in [-0.05, 0) is 32.7 Å². The van der Waals surface area contributed by atoms with Crippen molar-refractivity contribution in [3.05, 3.63) is 0 Å². The highest BCUT2D eigenvalue weighted by Gasteiger charge is 2.26. The van der Waals surface area contributed by atoms with Crippen LogP contribution in [-0.4, -0.2) is 61.0 Å². The smallest absolute Gasteiger partial charge is 0.239 e. The lowest BCUT2D eigenvalue weighted by molar-refractivity contribution is -0.136. The summed E-state index contributed by atoms with van der Waals surface area (Å²) in [5.41, 5.74) is 0. The summed E-state index contributed by atoms with van der Waals surface area (Å²) in [4.78, 5) is 17.0. The standard InChI is InChI=1S/C14H27N3O/c1-13(16-11-6-7-15-8-12-16)14(18)17-9-4-2-3-5-10-17/h13,15H,2-12H2,1H3. The lowest BCUT2D eigenvalue weighted by Gasteiger charge is -2.31. The SMILES string of the molecule is CC(C(=O)N1CCCCCC1)N1CCCNCC1. The zero-order chi connectivity index (χ0) is 12.8. The maximum Gasteiger partial charge on any atom is 0.239 e. The summed E-state index contributed by atoms with van der Waals surface area (Å²) in [6.07, 6.45) is 6.08. The van der Waals surface area contributed by atoms with E-state index < -0.39 is 0 Å². The summed E-state index contributed by atoms with van der Waals surface area (Å²) in [7, 11) is 0. The maximum absolute atomic E-state index is 12.5. The van der Waals surface area contributed by atoms with Crippen LogP contribution in [0.5, 0.6) is 0 Å². The first-order valence-corrected chi connectivity index (χ1v) is 7.52. The van der Waals surface area contributed by atoms with Gasteiger partial charge in [-0.3, -0.25) is 9.69 Å². The molecule has 4 nitrogen and oxygen atoms in total. The number of nitrogens with zero attached hydrogens (tertiary/aromatic N) is 2. The molecular formula is C14H27N3O. The van der Waals surface area contributed by atoms with Crippen molar-refractivity contribution in [2.24, 2.45) is 0 Å². The van der Waals surface area contributed by atoms with Crippen LogP contribution < -0.4 is 5.32 Å². The van der Waals surface area contributed by atoms with Crippen LogP contribution in [0.15, 0.2) is 0 Å². The zero-order valence-electron chi connectivity index (χ0n) is 11.7. The minimum absolute atomic E-state index is 0.0583. The zero-order valence-corrected chi connectivity index (χ0v) is 11.7. The van der Waals surface area contributed by atoms with E-state index in [1.54, 1.807) is 0 Å². The van der Waals surface area contributed by atoms with Crippen molar-refractivity contribution < 1.29 is 4.79 Å².